The van der Waals surface area contributed by atoms with E-state index in [-0.39, 0.29) is 28.9 Å². The number of H-pyrrole nitrogens is 1. The Morgan fingerprint density at radius 2 is 1.75 bits per heavy atom. The first-order valence-corrected chi connectivity index (χ1v) is 9.30. The van der Waals surface area contributed by atoms with E-state index >= 15 is 0 Å². The lowest BCUT2D eigenvalue weighted by molar-refractivity contribution is -0.140. The third kappa shape index (κ3) is 4.38. The molecular formula is C22H19NO9. The van der Waals surface area contributed by atoms with Crippen molar-refractivity contribution in [2.24, 2.45) is 0 Å². The van der Waals surface area contributed by atoms with Crippen molar-refractivity contribution in [2.75, 3.05) is 14.2 Å². The van der Waals surface area contributed by atoms with Crippen molar-refractivity contribution in [3.8, 4) is 17.1 Å². The number of carbonyl (C=O) groups is 3. The normalized spacial score (nSPS) is 11.6. The molecule has 2 heterocycles. The Hall–Kier alpha value is -4.34. The van der Waals surface area contributed by atoms with E-state index in [1.807, 2.05) is 0 Å². The molecule has 0 aliphatic rings. The molecule has 166 valence electrons. The molecule has 1 atom stereocenters. The van der Waals surface area contributed by atoms with Crippen LogP contribution in [0.1, 0.15) is 44.4 Å². The van der Waals surface area contributed by atoms with Crippen LogP contribution in [-0.4, -0.2) is 47.3 Å². The van der Waals surface area contributed by atoms with E-state index in [9.17, 15) is 24.3 Å². The van der Waals surface area contributed by atoms with E-state index in [0.29, 0.717) is 11.3 Å². The number of carboxylic acid groups (broad SMARTS) is 1. The minimum Gasteiger partial charge on any atom is -0.506 e. The minimum absolute atomic E-state index is 0.0974. The Bertz CT molecular complexity index is 1220. The largest absolute Gasteiger partial charge is 0.506 e. The Morgan fingerprint density at radius 1 is 1.06 bits per heavy atom. The van der Waals surface area contributed by atoms with Crippen LogP contribution in [0, 0.1) is 0 Å². The number of furan rings is 1. The maximum atomic E-state index is 12.5. The number of nitrogens with one attached hydrogen (secondary N) is 1. The van der Waals surface area contributed by atoms with Crippen LogP contribution in [0.5, 0.6) is 5.75 Å². The fraction of sp³-hybridized carbons (Fsp3) is 0.182. The van der Waals surface area contributed by atoms with Gasteiger partial charge in [-0.05, 0) is 24.3 Å². The molecule has 10 nitrogen and oxygen atoms in total. The predicted octanol–water partition coefficient (Wildman–Crippen LogP) is 2.52. The molecule has 32 heavy (non-hydrogen) atoms. The molecule has 0 saturated carbocycles. The SMILES string of the molecule is COC(=O)C[C@@H](c1ccc(-c2ccc(C(=O)O)cc2)o1)c1c(O)c(C(=O)OC)c[nH]c1=O. The summed E-state index contributed by atoms with van der Waals surface area (Å²) in [5.41, 5.74) is -0.624. The van der Waals surface area contributed by atoms with Gasteiger partial charge in [0.05, 0.1) is 37.7 Å². The average molecular weight is 441 g/mol. The van der Waals surface area contributed by atoms with Gasteiger partial charge in [-0.1, -0.05) is 12.1 Å². The number of benzene rings is 1. The van der Waals surface area contributed by atoms with Gasteiger partial charge in [0.1, 0.15) is 22.8 Å². The number of aromatic hydroxyl groups is 1. The van der Waals surface area contributed by atoms with Crippen molar-refractivity contribution < 1.29 is 38.5 Å². The van der Waals surface area contributed by atoms with Gasteiger partial charge < -0.3 is 29.1 Å². The molecule has 3 rings (SSSR count). The molecule has 3 N–H and O–H groups in total. The van der Waals surface area contributed by atoms with Gasteiger partial charge in [-0.2, -0.15) is 0 Å². The Kier molecular flexibility index (Phi) is 6.43. The molecular weight excluding hydrogens is 422 g/mol. The smallest absolute Gasteiger partial charge is 0.343 e. The summed E-state index contributed by atoms with van der Waals surface area (Å²) in [7, 11) is 2.29. The second-order valence-electron chi connectivity index (χ2n) is 6.70. The predicted molar refractivity (Wildman–Crippen MR) is 110 cm³/mol. The van der Waals surface area contributed by atoms with Gasteiger partial charge in [0.25, 0.3) is 5.56 Å². The fourth-order valence-electron chi connectivity index (χ4n) is 3.19. The van der Waals surface area contributed by atoms with E-state index in [1.165, 1.54) is 25.3 Å². The summed E-state index contributed by atoms with van der Waals surface area (Å²) in [6.45, 7) is 0. The van der Waals surface area contributed by atoms with E-state index in [1.54, 1.807) is 18.2 Å². The van der Waals surface area contributed by atoms with Crippen LogP contribution >= 0.6 is 0 Å². The van der Waals surface area contributed by atoms with Crippen LogP contribution in [0.25, 0.3) is 11.3 Å². The molecule has 3 aromatic rings. The lowest BCUT2D eigenvalue weighted by Crippen LogP contribution is -2.21. The van der Waals surface area contributed by atoms with Crippen LogP contribution in [0.3, 0.4) is 0 Å². The molecule has 2 aromatic heterocycles. The molecule has 0 spiro atoms. The summed E-state index contributed by atoms with van der Waals surface area (Å²) in [4.78, 5) is 49.9. The van der Waals surface area contributed by atoms with Crippen LogP contribution in [0.4, 0.5) is 0 Å². The number of ether oxygens (including phenoxy) is 2. The molecule has 10 heteroatoms. The van der Waals surface area contributed by atoms with Crippen molar-refractivity contribution in [1.29, 1.82) is 0 Å². The summed E-state index contributed by atoms with van der Waals surface area (Å²) >= 11 is 0. The third-order valence-corrected chi connectivity index (χ3v) is 4.84. The van der Waals surface area contributed by atoms with Gasteiger partial charge in [0.2, 0.25) is 0 Å². The highest BCUT2D eigenvalue weighted by molar-refractivity contribution is 5.92. The first-order valence-electron chi connectivity index (χ1n) is 9.30. The van der Waals surface area contributed by atoms with Gasteiger partial charge >= 0.3 is 17.9 Å². The molecule has 0 amide bonds. The number of carbonyl (C=O) groups excluding carboxylic acids is 2. The van der Waals surface area contributed by atoms with Crippen LogP contribution in [0.15, 0.2) is 51.8 Å². The Morgan fingerprint density at radius 3 is 2.34 bits per heavy atom. The number of hydrogen-bond acceptors (Lipinski definition) is 8. The summed E-state index contributed by atoms with van der Waals surface area (Å²) < 4.78 is 15.2. The van der Waals surface area contributed by atoms with E-state index in [2.05, 4.69) is 9.72 Å². The lowest BCUT2D eigenvalue weighted by atomic mass is 9.92. The summed E-state index contributed by atoms with van der Waals surface area (Å²) in [5, 5.41) is 19.7. The number of pyridine rings is 1. The zero-order valence-electron chi connectivity index (χ0n) is 17.1. The van der Waals surface area contributed by atoms with Crippen LogP contribution < -0.4 is 5.56 Å². The standard InChI is InChI=1S/C22H19NO9/c1-30-17(24)9-13(18-19(25)14(22(29)31-2)10-23-20(18)26)16-8-7-15(32-16)11-3-5-12(6-4-11)21(27)28/h3-8,10,13H,9H2,1-2H3,(H,27,28)(H2,23,25,26)/t13-/m0/s1. The molecule has 0 bridgehead atoms. The zero-order chi connectivity index (χ0) is 23.4. The molecule has 0 radical (unpaired) electrons. The lowest BCUT2D eigenvalue weighted by Gasteiger charge is -2.16. The van der Waals surface area contributed by atoms with Crippen molar-refractivity contribution in [2.45, 2.75) is 12.3 Å². The van der Waals surface area contributed by atoms with Gasteiger partial charge in [0, 0.05) is 11.8 Å². The first-order chi connectivity index (χ1) is 15.3. The summed E-state index contributed by atoms with van der Waals surface area (Å²) in [5.74, 6) is -3.87. The van der Waals surface area contributed by atoms with E-state index in [4.69, 9.17) is 14.3 Å². The molecule has 0 unspecified atom stereocenters. The Balaban J connectivity index is 2.09. The number of carboxylic acids is 1. The monoisotopic (exact) mass is 441 g/mol. The topological polar surface area (TPSA) is 156 Å². The number of aromatic amines is 1. The van der Waals surface area contributed by atoms with E-state index < -0.39 is 35.1 Å². The average Bonchev–Trinajstić information content (AvgIpc) is 3.28. The highest BCUT2D eigenvalue weighted by Gasteiger charge is 2.30. The molecule has 0 aliphatic heterocycles. The van der Waals surface area contributed by atoms with Gasteiger partial charge in [-0.3, -0.25) is 9.59 Å². The van der Waals surface area contributed by atoms with Crippen LogP contribution in [-0.2, 0) is 14.3 Å². The third-order valence-electron chi connectivity index (χ3n) is 4.84. The highest BCUT2D eigenvalue weighted by Crippen LogP contribution is 2.36. The summed E-state index contributed by atoms with van der Waals surface area (Å²) in [6.07, 6.45) is 0.655. The summed E-state index contributed by atoms with van der Waals surface area (Å²) in [6, 6.07) is 8.99. The van der Waals surface area contributed by atoms with Gasteiger partial charge in [0.15, 0.2) is 0 Å². The second kappa shape index (κ2) is 9.21. The second-order valence-corrected chi connectivity index (χ2v) is 6.70. The quantitative estimate of drug-likeness (QED) is 0.469. The van der Waals surface area contributed by atoms with Crippen molar-refractivity contribution in [1.82, 2.24) is 4.98 Å². The number of aromatic carboxylic acids is 1. The molecule has 0 saturated heterocycles. The molecule has 0 fully saturated rings. The Labute approximate surface area is 181 Å². The first kappa shape index (κ1) is 22.3. The van der Waals surface area contributed by atoms with E-state index in [0.717, 1.165) is 13.3 Å². The zero-order valence-corrected chi connectivity index (χ0v) is 17.1. The van der Waals surface area contributed by atoms with Crippen molar-refractivity contribution >= 4 is 17.9 Å². The van der Waals surface area contributed by atoms with Gasteiger partial charge in [-0.25, -0.2) is 9.59 Å². The minimum atomic E-state index is -1.08. The van der Waals surface area contributed by atoms with Gasteiger partial charge in [-0.15, -0.1) is 0 Å². The number of aromatic nitrogens is 1. The number of hydrogen-bond donors (Lipinski definition) is 3. The maximum Gasteiger partial charge on any atom is 0.343 e. The van der Waals surface area contributed by atoms with Crippen LogP contribution in [0.2, 0.25) is 0 Å². The highest BCUT2D eigenvalue weighted by atomic mass is 16.5. The number of esters is 2. The molecule has 1 aromatic carbocycles. The number of rotatable bonds is 7. The fourth-order valence-corrected chi connectivity index (χ4v) is 3.19. The number of methoxy groups -OCH3 is 2. The van der Waals surface area contributed by atoms with Crippen molar-refractivity contribution in [3.63, 3.8) is 0 Å². The van der Waals surface area contributed by atoms with Crippen molar-refractivity contribution in [3.05, 3.63) is 75.4 Å². The molecule has 0 aliphatic carbocycles. The maximum absolute atomic E-state index is 12.5.